The van der Waals surface area contributed by atoms with E-state index >= 15 is 0 Å². The van der Waals surface area contributed by atoms with Gasteiger partial charge in [0.05, 0.1) is 10.9 Å². The Kier molecular flexibility index (Phi) is 5.83. The van der Waals surface area contributed by atoms with Crippen molar-refractivity contribution < 1.29 is 4.79 Å². The number of carbonyl (C=O) groups excluding carboxylic acids is 1. The number of nitrogens with one attached hydrogen (secondary N) is 1. The van der Waals surface area contributed by atoms with E-state index in [9.17, 15) is 9.59 Å². The van der Waals surface area contributed by atoms with Crippen LogP contribution in [0.2, 0.25) is 0 Å². The Morgan fingerprint density at radius 3 is 2.45 bits per heavy atom. The van der Waals surface area contributed by atoms with Crippen molar-refractivity contribution in [1.29, 1.82) is 0 Å². The van der Waals surface area contributed by atoms with Crippen molar-refractivity contribution in [2.45, 2.75) is 12.8 Å². The van der Waals surface area contributed by atoms with Crippen molar-refractivity contribution in [2.75, 3.05) is 5.32 Å². The van der Waals surface area contributed by atoms with Crippen LogP contribution in [0, 0.1) is 0 Å². The fourth-order valence-corrected chi connectivity index (χ4v) is 4.59. The summed E-state index contributed by atoms with van der Waals surface area (Å²) in [6, 6.07) is 23.1. The van der Waals surface area contributed by atoms with Crippen LogP contribution in [0.15, 0.2) is 101 Å². The number of benzene rings is 2. The van der Waals surface area contributed by atoms with Gasteiger partial charge in [-0.2, -0.15) is 11.3 Å². The standard InChI is InChI=1S/C27H21N3O2S/c31-24(20-13-14-33-18-20)12-11-19-16-28-17-23-25(32)15-26(29-21-7-3-1-4-8-21)30(27(19)23)22-9-5-2-6-10-22/h1-10,13-18,29H,11-12H2. The summed E-state index contributed by atoms with van der Waals surface area (Å²) >= 11 is 1.51. The zero-order valence-corrected chi connectivity index (χ0v) is 18.6. The third kappa shape index (κ3) is 4.33. The molecule has 2 aromatic carbocycles. The normalized spacial score (nSPS) is 10.9. The Morgan fingerprint density at radius 2 is 1.73 bits per heavy atom. The van der Waals surface area contributed by atoms with E-state index in [1.165, 1.54) is 11.3 Å². The highest BCUT2D eigenvalue weighted by Gasteiger charge is 2.16. The van der Waals surface area contributed by atoms with Crippen LogP contribution < -0.4 is 10.7 Å². The fraction of sp³-hybridized carbons (Fsp3) is 0.0741. The van der Waals surface area contributed by atoms with E-state index in [4.69, 9.17) is 0 Å². The molecular formula is C27H21N3O2S. The van der Waals surface area contributed by atoms with Crippen LogP contribution in [-0.4, -0.2) is 15.3 Å². The largest absolute Gasteiger partial charge is 0.341 e. The van der Waals surface area contributed by atoms with E-state index in [1.807, 2.05) is 82.1 Å². The number of ketones is 1. The minimum absolute atomic E-state index is 0.0837. The Hall–Kier alpha value is -4.03. The number of para-hydroxylation sites is 2. The molecule has 0 radical (unpaired) electrons. The highest BCUT2D eigenvalue weighted by molar-refractivity contribution is 7.08. The molecule has 0 spiro atoms. The smallest absolute Gasteiger partial charge is 0.193 e. The van der Waals surface area contributed by atoms with Crippen LogP contribution in [-0.2, 0) is 6.42 Å². The summed E-state index contributed by atoms with van der Waals surface area (Å²) in [6.45, 7) is 0. The molecule has 5 nitrogen and oxygen atoms in total. The lowest BCUT2D eigenvalue weighted by Gasteiger charge is -2.20. The molecular weight excluding hydrogens is 430 g/mol. The van der Waals surface area contributed by atoms with Crippen LogP contribution in [0.3, 0.4) is 0 Å². The van der Waals surface area contributed by atoms with Gasteiger partial charge in [0.15, 0.2) is 11.2 Å². The number of fused-ring (bicyclic) bond motifs is 1. The Morgan fingerprint density at radius 1 is 0.970 bits per heavy atom. The number of Topliss-reactive ketones (excluding diaryl/α,β-unsaturated/α-hetero) is 1. The molecule has 0 saturated carbocycles. The maximum atomic E-state index is 13.1. The maximum absolute atomic E-state index is 13.1. The average molecular weight is 452 g/mol. The Balaban J connectivity index is 1.67. The summed E-state index contributed by atoms with van der Waals surface area (Å²) in [7, 11) is 0. The molecule has 0 atom stereocenters. The monoisotopic (exact) mass is 451 g/mol. The summed E-state index contributed by atoms with van der Waals surface area (Å²) < 4.78 is 2.04. The van der Waals surface area contributed by atoms with Crippen molar-refractivity contribution in [3.05, 3.63) is 117 Å². The second kappa shape index (κ2) is 9.22. The number of hydrogen-bond donors (Lipinski definition) is 1. The first-order valence-corrected chi connectivity index (χ1v) is 11.6. The molecule has 6 heteroatoms. The molecule has 0 aliphatic rings. The number of anilines is 2. The van der Waals surface area contributed by atoms with E-state index < -0.39 is 0 Å². The first-order chi connectivity index (χ1) is 16.2. The highest BCUT2D eigenvalue weighted by Crippen LogP contribution is 2.27. The third-order valence-corrected chi connectivity index (χ3v) is 6.20. The predicted molar refractivity (Wildman–Crippen MR) is 134 cm³/mol. The van der Waals surface area contributed by atoms with E-state index in [0.29, 0.717) is 24.0 Å². The molecule has 0 aliphatic heterocycles. The number of aryl methyl sites for hydroxylation is 1. The number of nitrogens with zero attached hydrogens (tertiary/aromatic N) is 2. The number of pyridine rings is 2. The van der Waals surface area contributed by atoms with Crippen LogP contribution in [0.4, 0.5) is 11.5 Å². The van der Waals surface area contributed by atoms with E-state index in [0.717, 1.165) is 28.0 Å². The molecule has 0 amide bonds. The quantitative estimate of drug-likeness (QED) is 0.308. The first kappa shape index (κ1) is 20.8. The van der Waals surface area contributed by atoms with Gasteiger partial charge in [-0.3, -0.25) is 19.1 Å². The molecule has 3 aromatic heterocycles. The van der Waals surface area contributed by atoms with Gasteiger partial charge < -0.3 is 5.32 Å². The second-order valence-corrected chi connectivity index (χ2v) is 8.47. The molecule has 0 fully saturated rings. The van der Waals surface area contributed by atoms with Gasteiger partial charge in [-0.1, -0.05) is 36.4 Å². The molecule has 3 heterocycles. The van der Waals surface area contributed by atoms with Crippen LogP contribution in [0.25, 0.3) is 16.6 Å². The molecule has 0 unspecified atom stereocenters. The van der Waals surface area contributed by atoms with Gasteiger partial charge in [0, 0.05) is 47.2 Å². The Bertz CT molecular complexity index is 1460. The topological polar surface area (TPSA) is 64.0 Å². The lowest BCUT2D eigenvalue weighted by Crippen LogP contribution is -2.14. The van der Waals surface area contributed by atoms with Crippen LogP contribution in [0.1, 0.15) is 22.3 Å². The molecule has 5 aromatic rings. The van der Waals surface area contributed by atoms with Gasteiger partial charge in [-0.05, 0) is 47.7 Å². The van der Waals surface area contributed by atoms with Crippen molar-refractivity contribution >= 4 is 39.5 Å². The van der Waals surface area contributed by atoms with Gasteiger partial charge in [-0.15, -0.1) is 0 Å². The molecule has 0 aliphatic carbocycles. The number of carbonyl (C=O) groups is 1. The van der Waals surface area contributed by atoms with Gasteiger partial charge in [-0.25, -0.2) is 0 Å². The Labute approximate surface area is 195 Å². The molecule has 0 bridgehead atoms. The second-order valence-electron chi connectivity index (χ2n) is 7.69. The zero-order chi connectivity index (χ0) is 22.6. The van der Waals surface area contributed by atoms with Gasteiger partial charge in [0.1, 0.15) is 5.82 Å². The predicted octanol–water partition coefficient (Wildman–Crippen LogP) is 6.01. The number of hydrogen-bond acceptors (Lipinski definition) is 5. The average Bonchev–Trinajstić information content (AvgIpc) is 3.39. The summed E-state index contributed by atoms with van der Waals surface area (Å²) in [6.07, 6.45) is 4.19. The number of rotatable bonds is 7. The minimum Gasteiger partial charge on any atom is -0.341 e. The summed E-state index contributed by atoms with van der Waals surface area (Å²) in [5, 5.41) is 7.69. The summed E-state index contributed by atoms with van der Waals surface area (Å²) in [4.78, 5) is 30.1. The van der Waals surface area contributed by atoms with Crippen molar-refractivity contribution in [1.82, 2.24) is 9.55 Å². The van der Waals surface area contributed by atoms with Crippen molar-refractivity contribution in [2.24, 2.45) is 0 Å². The van der Waals surface area contributed by atoms with Crippen LogP contribution >= 0.6 is 11.3 Å². The van der Waals surface area contributed by atoms with Crippen molar-refractivity contribution in [3.63, 3.8) is 0 Å². The van der Waals surface area contributed by atoms with E-state index in [2.05, 4.69) is 10.3 Å². The molecule has 33 heavy (non-hydrogen) atoms. The molecule has 5 rings (SSSR count). The third-order valence-electron chi connectivity index (χ3n) is 5.52. The maximum Gasteiger partial charge on any atom is 0.193 e. The number of thiophene rings is 1. The lowest BCUT2D eigenvalue weighted by molar-refractivity contribution is 0.0983. The summed E-state index contributed by atoms with van der Waals surface area (Å²) in [5.74, 6) is 0.738. The SMILES string of the molecule is O=C(CCc1cncc2c(=O)cc(Nc3ccccc3)n(-c3ccccc3)c12)c1ccsc1. The highest BCUT2D eigenvalue weighted by atomic mass is 32.1. The lowest BCUT2D eigenvalue weighted by atomic mass is 10.0. The van der Waals surface area contributed by atoms with E-state index in [1.54, 1.807) is 18.5 Å². The molecule has 162 valence electrons. The van der Waals surface area contributed by atoms with Gasteiger partial charge >= 0.3 is 0 Å². The zero-order valence-electron chi connectivity index (χ0n) is 17.8. The van der Waals surface area contributed by atoms with Crippen molar-refractivity contribution in [3.8, 4) is 5.69 Å². The van der Waals surface area contributed by atoms with Crippen LogP contribution in [0.5, 0.6) is 0 Å². The van der Waals surface area contributed by atoms with Gasteiger partial charge in [0.25, 0.3) is 0 Å². The fourth-order valence-electron chi connectivity index (χ4n) is 3.93. The minimum atomic E-state index is -0.117. The number of aromatic nitrogens is 2. The molecule has 0 saturated heterocycles. The van der Waals surface area contributed by atoms with E-state index in [-0.39, 0.29) is 11.2 Å². The summed E-state index contributed by atoms with van der Waals surface area (Å²) in [5.41, 5.74) is 4.02. The molecule has 1 N–H and O–H groups in total. The van der Waals surface area contributed by atoms with Gasteiger partial charge in [0.2, 0.25) is 0 Å². The first-order valence-electron chi connectivity index (χ1n) is 10.7.